The van der Waals surface area contributed by atoms with Crippen LogP contribution in [-0.2, 0) is 0 Å². The molecule has 2 aromatic rings. The molecule has 24 heavy (non-hydrogen) atoms. The number of carboxylic acid groups (broad SMARTS) is 1. The van der Waals surface area contributed by atoms with Crippen LogP contribution in [0.5, 0.6) is 0 Å². The van der Waals surface area contributed by atoms with Crippen LogP contribution in [0.1, 0.15) is 35.8 Å². The average Bonchev–Trinajstić information content (AvgIpc) is 3.28. The van der Waals surface area contributed by atoms with Crippen LogP contribution < -0.4 is 21.8 Å². The smallest absolute Gasteiger partial charge is 0.352 e. The van der Waals surface area contributed by atoms with E-state index >= 15 is 0 Å². The van der Waals surface area contributed by atoms with Crippen molar-refractivity contribution in [2.45, 2.75) is 31.3 Å². The van der Waals surface area contributed by atoms with Crippen LogP contribution in [0.3, 0.4) is 0 Å². The van der Waals surface area contributed by atoms with Gasteiger partial charge in [0.1, 0.15) is 5.69 Å². The van der Waals surface area contributed by atoms with E-state index in [2.05, 4.69) is 4.90 Å². The number of nitrogen functional groups attached to an aromatic ring is 1. The molecule has 2 aliphatic rings. The number of fused-ring (bicyclic) bond motifs is 1. The van der Waals surface area contributed by atoms with Gasteiger partial charge in [0.2, 0.25) is 0 Å². The van der Waals surface area contributed by atoms with Gasteiger partial charge in [-0.2, -0.15) is 0 Å². The minimum absolute atomic E-state index is 0.0452. The van der Waals surface area contributed by atoms with Gasteiger partial charge in [-0.05, 0) is 31.4 Å². The van der Waals surface area contributed by atoms with E-state index in [0.717, 1.165) is 31.5 Å². The third-order valence-electron chi connectivity index (χ3n) is 4.89. The molecule has 1 aliphatic heterocycles. The first-order chi connectivity index (χ1) is 11.5. The Hall–Kier alpha value is -2.54. The lowest BCUT2D eigenvalue weighted by molar-refractivity contribution is 0.0684. The number of nitrogens with zero attached hydrogens (tertiary/aromatic N) is 2. The lowest BCUT2D eigenvalue weighted by Crippen LogP contribution is -2.27. The van der Waals surface area contributed by atoms with Crippen molar-refractivity contribution in [2.75, 3.05) is 23.7 Å². The van der Waals surface area contributed by atoms with Crippen molar-refractivity contribution in [2.24, 2.45) is 5.73 Å². The number of hydrogen-bond donors (Lipinski definition) is 3. The molecule has 1 saturated carbocycles. The number of hydrogen-bond acceptors (Lipinski definition) is 5. The molecular formula is C17H20N4O3. The van der Waals surface area contributed by atoms with Gasteiger partial charge in [-0.3, -0.25) is 4.79 Å². The van der Waals surface area contributed by atoms with Gasteiger partial charge < -0.3 is 26.0 Å². The van der Waals surface area contributed by atoms with Crippen molar-refractivity contribution >= 4 is 28.2 Å². The quantitative estimate of drug-likeness (QED) is 0.728. The maximum absolute atomic E-state index is 12.4. The van der Waals surface area contributed by atoms with Gasteiger partial charge in [-0.25, -0.2) is 4.79 Å². The Morgan fingerprint density at radius 1 is 1.21 bits per heavy atom. The zero-order valence-electron chi connectivity index (χ0n) is 13.2. The monoisotopic (exact) mass is 328 g/mol. The summed E-state index contributed by atoms with van der Waals surface area (Å²) in [7, 11) is 0. The minimum Gasteiger partial charge on any atom is -0.477 e. The molecule has 1 atom stereocenters. The first-order valence-electron chi connectivity index (χ1n) is 8.18. The highest BCUT2D eigenvalue weighted by Crippen LogP contribution is 2.40. The highest BCUT2D eigenvalue weighted by Gasteiger charge is 2.30. The zero-order valence-corrected chi connectivity index (χ0v) is 13.2. The SMILES string of the molecule is Nc1cc2c(=O)cc(C(=O)O)n(C3CC3)c2cc1N1CCC(N)C1. The van der Waals surface area contributed by atoms with Gasteiger partial charge in [0.25, 0.3) is 0 Å². The van der Waals surface area contributed by atoms with Crippen molar-refractivity contribution in [1.82, 2.24) is 4.57 Å². The minimum atomic E-state index is -1.08. The Bertz CT molecular complexity index is 901. The van der Waals surface area contributed by atoms with E-state index in [0.29, 0.717) is 23.1 Å². The third kappa shape index (κ3) is 2.32. The maximum atomic E-state index is 12.4. The summed E-state index contributed by atoms with van der Waals surface area (Å²) in [4.78, 5) is 26.1. The second kappa shape index (κ2) is 5.24. The molecule has 5 N–H and O–H groups in total. The van der Waals surface area contributed by atoms with Crippen LogP contribution >= 0.6 is 0 Å². The lowest BCUT2D eigenvalue weighted by Gasteiger charge is -2.22. The van der Waals surface area contributed by atoms with E-state index in [1.54, 1.807) is 10.6 Å². The van der Waals surface area contributed by atoms with Crippen molar-refractivity contribution in [3.05, 3.63) is 34.1 Å². The summed E-state index contributed by atoms with van der Waals surface area (Å²) >= 11 is 0. The summed E-state index contributed by atoms with van der Waals surface area (Å²) in [6, 6.07) is 4.97. The molecule has 126 valence electrons. The fourth-order valence-corrected chi connectivity index (χ4v) is 3.56. The third-order valence-corrected chi connectivity index (χ3v) is 4.89. The second-order valence-electron chi connectivity index (χ2n) is 6.72. The van der Waals surface area contributed by atoms with Crippen molar-refractivity contribution in [1.29, 1.82) is 0 Å². The Morgan fingerprint density at radius 2 is 1.96 bits per heavy atom. The molecule has 1 aliphatic carbocycles. The molecule has 2 heterocycles. The first-order valence-corrected chi connectivity index (χ1v) is 8.18. The van der Waals surface area contributed by atoms with E-state index in [4.69, 9.17) is 11.5 Å². The number of rotatable bonds is 3. The van der Waals surface area contributed by atoms with E-state index in [1.807, 2.05) is 6.07 Å². The molecule has 1 saturated heterocycles. The number of nitrogens with two attached hydrogens (primary N) is 2. The molecule has 1 unspecified atom stereocenters. The normalized spacial score (nSPS) is 20.7. The Labute approximate surface area is 138 Å². The molecule has 7 heteroatoms. The van der Waals surface area contributed by atoms with Gasteiger partial charge in [0.05, 0.1) is 16.9 Å². The number of benzene rings is 1. The fraction of sp³-hybridized carbons (Fsp3) is 0.412. The van der Waals surface area contributed by atoms with Crippen molar-refractivity contribution in [3.8, 4) is 0 Å². The zero-order chi connectivity index (χ0) is 17.0. The molecule has 7 nitrogen and oxygen atoms in total. The first kappa shape index (κ1) is 15.0. The van der Waals surface area contributed by atoms with E-state index in [1.165, 1.54) is 6.07 Å². The van der Waals surface area contributed by atoms with Crippen molar-refractivity contribution in [3.63, 3.8) is 0 Å². The molecule has 0 spiro atoms. The molecule has 0 amide bonds. The Balaban J connectivity index is 1.98. The summed E-state index contributed by atoms with van der Waals surface area (Å²) in [6.45, 7) is 1.52. The maximum Gasteiger partial charge on any atom is 0.352 e. The highest BCUT2D eigenvalue weighted by molar-refractivity contribution is 5.94. The second-order valence-corrected chi connectivity index (χ2v) is 6.72. The summed E-state index contributed by atoms with van der Waals surface area (Å²) in [6.07, 6.45) is 2.74. The van der Waals surface area contributed by atoms with Crippen LogP contribution in [0.4, 0.5) is 11.4 Å². The molecule has 0 bridgehead atoms. The molecule has 4 rings (SSSR count). The number of carbonyl (C=O) groups is 1. The average molecular weight is 328 g/mol. The molecule has 1 aromatic heterocycles. The summed E-state index contributed by atoms with van der Waals surface area (Å²) in [5, 5.41) is 9.95. The van der Waals surface area contributed by atoms with Crippen LogP contribution in [0.25, 0.3) is 10.9 Å². The summed E-state index contributed by atoms with van der Waals surface area (Å²) in [5.41, 5.74) is 13.9. The van der Waals surface area contributed by atoms with Gasteiger partial charge in [0, 0.05) is 36.6 Å². The molecular weight excluding hydrogens is 308 g/mol. The number of aromatic nitrogens is 1. The van der Waals surface area contributed by atoms with Gasteiger partial charge in [0.15, 0.2) is 5.43 Å². The Morgan fingerprint density at radius 3 is 2.54 bits per heavy atom. The number of carboxylic acids is 1. The van der Waals surface area contributed by atoms with Crippen LogP contribution in [0, 0.1) is 0 Å². The largest absolute Gasteiger partial charge is 0.477 e. The van der Waals surface area contributed by atoms with Crippen LogP contribution in [0.15, 0.2) is 23.0 Å². The van der Waals surface area contributed by atoms with Gasteiger partial charge in [-0.1, -0.05) is 0 Å². The van der Waals surface area contributed by atoms with Crippen LogP contribution in [0.2, 0.25) is 0 Å². The molecule has 1 aromatic carbocycles. The predicted molar refractivity (Wildman–Crippen MR) is 92.7 cm³/mol. The molecule has 0 radical (unpaired) electrons. The van der Waals surface area contributed by atoms with E-state index in [-0.39, 0.29) is 23.2 Å². The highest BCUT2D eigenvalue weighted by atomic mass is 16.4. The topological polar surface area (TPSA) is 115 Å². The fourth-order valence-electron chi connectivity index (χ4n) is 3.56. The van der Waals surface area contributed by atoms with E-state index < -0.39 is 5.97 Å². The van der Waals surface area contributed by atoms with E-state index in [9.17, 15) is 14.7 Å². The van der Waals surface area contributed by atoms with Crippen LogP contribution in [-0.4, -0.2) is 34.8 Å². The number of aromatic carboxylic acids is 1. The number of pyridine rings is 1. The number of anilines is 2. The summed E-state index contributed by atoms with van der Waals surface area (Å²) in [5.74, 6) is -1.08. The summed E-state index contributed by atoms with van der Waals surface area (Å²) < 4.78 is 1.78. The lowest BCUT2D eigenvalue weighted by atomic mass is 10.1. The molecule has 2 fully saturated rings. The van der Waals surface area contributed by atoms with Gasteiger partial charge in [-0.15, -0.1) is 0 Å². The predicted octanol–water partition coefficient (Wildman–Crippen LogP) is 1.15. The Kier molecular flexibility index (Phi) is 3.28. The van der Waals surface area contributed by atoms with Gasteiger partial charge >= 0.3 is 5.97 Å². The van der Waals surface area contributed by atoms with Crippen molar-refractivity contribution < 1.29 is 9.90 Å². The standard InChI is InChI=1S/C17H20N4O3/c18-9-3-4-20(8-9)14-6-13-11(5-12(14)19)16(22)7-15(17(23)24)21(13)10-1-2-10/h5-7,9-10H,1-4,8,18-19H2,(H,23,24).